The highest BCUT2D eigenvalue weighted by Crippen LogP contribution is 2.32. The van der Waals surface area contributed by atoms with Crippen LogP contribution in [-0.2, 0) is 0 Å². The molecule has 1 saturated carbocycles. The minimum absolute atomic E-state index is 0. The van der Waals surface area contributed by atoms with Crippen LogP contribution < -0.4 is 5.73 Å². The summed E-state index contributed by atoms with van der Waals surface area (Å²) in [7, 11) is 0. The molecule has 2 atom stereocenters. The second-order valence-electron chi connectivity index (χ2n) is 5.42. The van der Waals surface area contributed by atoms with Crippen LogP contribution in [-0.4, -0.2) is 11.2 Å². The molecule has 1 aliphatic rings. The van der Waals surface area contributed by atoms with E-state index in [-0.39, 0.29) is 18.4 Å². The Kier molecular flexibility index (Phi) is 6.61. The Hall–Kier alpha value is -0.280. The summed E-state index contributed by atoms with van der Waals surface area (Å²) in [5, 5.41) is 11.1. The van der Waals surface area contributed by atoms with Crippen LogP contribution in [0.15, 0.2) is 18.2 Å². The lowest BCUT2D eigenvalue weighted by molar-refractivity contribution is 0.0618. The lowest BCUT2D eigenvalue weighted by Crippen LogP contribution is -2.34. The molecule has 0 unspecified atom stereocenters. The van der Waals surface area contributed by atoms with E-state index in [1.165, 1.54) is 19.3 Å². The van der Waals surface area contributed by atoms with Crippen molar-refractivity contribution in [2.75, 3.05) is 0 Å². The van der Waals surface area contributed by atoms with Crippen molar-refractivity contribution in [3.8, 4) is 0 Å². The Bertz CT molecular complexity index is 405. The zero-order valence-electron chi connectivity index (χ0n) is 11.3. The molecule has 0 aromatic heterocycles. The predicted octanol–water partition coefficient (Wildman–Crippen LogP) is 4.01. The van der Waals surface area contributed by atoms with Crippen molar-refractivity contribution in [3.63, 3.8) is 0 Å². The van der Waals surface area contributed by atoms with Crippen LogP contribution in [0.4, 0.5) is 0 Å². The summed E-state index contributed by atoms with van der Waals surface area (Å²) in [5.41, 5.74) is 8.16. The number of hydrogen-bond acceptors (Lipinski definition) is 2. The second-order valence-corrected chi connectivity index (χ2v) is 5.83. The molecule has 19 heavy (non-hydrogen) atoms. The van der Waals surface area contributed by atoms with Gasteiger partial charge in [-0.2, -0.15) is 0 Å². The highest BCUT2D eigenvalue weighted by molar-refractivity contribution is 6.31. The fourth-order valence-electron chi connectivity index (χ4n) is 2.78. The van der Waals surface area contributed by atoms with Gasteiger partial charge in [-0.15, -0.1) is 12.4 Å². The van der Waals surface area contributed by atoms with Gasteiger partial charge in [0.15, 0.2) is 0 Å². The molecule has 0 heterocycles. The molecule has 0 amide bonds. The highest BCUT2D eigenvalue weighted by Gasteiger charge is 2.27. The van der Waals surface area contributed by atoms with Gasteiger partial charge in [0.05, 0.1) is 12.1 Å². The fourth-order valence-corrected chi connectivity index (χ4v) is 2.97. The summed E-state index contributed by atoms with van der Waals surface area (Å²) in [4.78, 5) is 0. The topological polar surface area (TPSA) is 46.2 Å². The predicted molar refractivity (Wildman–Crippen MR) is 82.9 cm³/mol. The third-order valence-electron chi connectivity index (χ3n) is 4.08. The first-order chi connectivity index (χ1) is 8.59. The van der Waals surface area contributed by atoms with Crippen molar-refractivity contribution in [2.24, 2.45) is 11.7 Å². The number of aryl methyl sites for hydroxylation is 1. The van der Waals surface area contributed by atoms with Crippen LogP contribution >= 0.6 is 24.0 Å². The van der Waals surface area contributed by atoms with E-state index in [1.807, 2.05) is 25.1 Å². The maximum Gasteiger partial charge on any atom is 0.0760 e. The Morgan fingerprint density at radius 1 is 1.26 bits per heavy atom. The summed E-state index contributed by atoms with van der Waals surface area (Å²) in [5.74, 6) is 0.342. The number of halogens is 2. The normalized spacial score (nSPS) is 19.6. The Labute approximate surface area is 126 Å². The Morgan fingerprint density at radius 2 is 1.89 bits per heavy atom. The van der Waals surface area contributed by atoms with E-state index in [1.54, 1.807) is 0 Å². The molecule has 1 aliphatic carbocycles. The van der Waals surface area contributed by atoms with Crippen molar-refractivity contribution >= 4 is 24.0 Å². The lowest BCUT2D eigenvalue weighted by atomic mass is 9.81. The van der Waals surface area contributed by atoms with E-state index >= 15 is 0 Å². The average Bonchev–Trinajstić information content (AvgIpc) is 2.41. The minimum atomic E-state index is -0.455. The van der Waals surface area contributed by atoms with Crippen LogP contribution in [0, 0.1) is 12.8 Å². The van der Waals surface area contributed by atoms with Gasteiger partial charge >= 0.3 is 0 Å². The molecule has 1 aromatic carbocycles. The third-order valence-corrected chi connectivity index (χ3v) is 4.49. The quantitative estimate of drug-likeness (QED) is 0.886. The highest BCUT2D eigenvalue weighted by atomic mass is 35.5. The molecule has 0 spiro atoms. The smallest absolute Gasteiger partial charge is 0.0760 e. The molecule has 108 valence electrons. The SMILES string of the molecule is Cc1ccc([C@@H](N)[C@@H](O)C2CCCCC2)cc1Cl.Cl. The monoisotopic (exact) mass is 303 g/mol. The van der Waals surface area contributed by atoms with Gasteiger partial charge in [0.1, 0.15) is 0 Å². The van der Waals surface area contributed by atoms with Gasteiger partial charge in [-0.25, -0.2) is 0 Å². The molecule has 1 fully saturated rings. The molecule has 2 rings (SSSR count). The van der Waals surface area contributed by atoms with Crippen LogP contribution in [0.2, 0.25) is 5.02 Å². The number of hydrogen-bond donors (Lipinski definition) is 2. The molecule has 4 heteroatoms. The molecule has 0 saturated heterocycles. The molecule has 0 radical (unpaired) electrons. The number of rotatable bonds is 3. The maximum absolute atomic E-state index is 10.4. The minimum Gasteiger partial charge on any atom is -0.391 e. The Morgan fingerprint density at radius 3 is 2.47 bits per heavy atom. The standard InChI is InChI=1S/C15H22ClNO.ClH/c1-10-7-8-12(9-13(10)16)14(17)15(18)11-5-3-2-4-6-11;/h7-9,11,14-15,18H,2-6,17H2,1H3;1H/t14-,15+;/m1./s1. The molecular formula is C15H23Cl2NO. The summed E-state index contributed by atoms with van der Waals surface area (Å²) < 4.78 is 0. The Balaban J connectivity index is 0.00000180. The molecule has 2 nitrogen and oxygen atoms in total. The lowest BCUT2D eigenvalue weighted by Gasteiger charge is -2.30. The molecule has 0 bridgehead atoms. The van der Waals surface area contributed by atoms with Crippen LogP contribution in [0.25, 0.3) is 0 Å². The van der Waals surface area contributed by atoms with E-state index in [4.69, 9.17) is 17.3 Å². The van der Waals surface area contributed by atoms with Gasteiger partial charge in [0, 0.05) is 5.02 Å². The van der Waals surface area contributed by atoms with Gasteiger partial charge in [0.2, 0.25) is 0 Å². The van der Waals surface area contributed by atoms with Crippen molar-refractivity contribution in [1.29, 1.82) is 0 Å². The van der Waals surface area contributed by atoms with Crippen molar-refractivity contribution in [1.82, 2.24) is 0 Å². The van der Waals surface area contributed by atoms with Crippen LogP contribution in [0.1, 0.15) is 49.3 Å². The van der Waals surface area contributed by atoms with Crippen LogP contribution in [0.3, 0.4) is 0 Å². The van der Waals surface area contributed by atoms with Crippen molar-refractivity contribution in [3.05, 3.63) is 34.3 Å². The first-order valence-corrected chi connectivity index (χ1v) is 7.17. The first-order valence-electron chi connectivity index (χ1n) is 6.79. The largest absolute Gasteiger partial charge is 0.391 e. The third kappa shape index (κ3) is 4.09. The average molecular weight is 304 g/mol. The van der Waals surface area contributed by atoms with Gasteiger partial charge in [-0.05, 0) is 42.9 Å². The van der Waals surface area contributed by atoms with Gasteiger partial charge in [-0.3, -0.25) is 0 Å². The second kappa shape index (κ2) is 7.49. The summed E-state index contributed by atoms with van der Waals surface area (Å²) in [6.45, 7) is 1.97. The summed E-state index contributed by atoms with van der Waals surface area (Å²) in [6.07, 6.45) is 5.44. The van der Waals surface area contributed by atoms with Crippen molar-refractivity contribution in [2.45, 2.75) is 51.2 Å². The molecule has 0 aliphatic heterocycles. The number of aliphatic hydroxyl groups is 1. The molecule has 3 N–H and O–H groups in total. The first kappa shape index (κ1) is 16.8. The van der Waals surface area contributed by atoms with E-state index < -0.39 is 6.10 Å². The van der Waals surface area contributed by atoms with E-state index in [9.17, 15) is 5.11 Å². The zero-order valence-corrected chi connectivity index (χ0v) is 12.9. The molecule has 1 aromatic rings. The van der Waals surface area contributed by atoms with Gasteiger partial charge in [0.25, 0.3) is 0 Å². The van der Waals surface area contributed by atoms with Gasteiger partial charge < -0.3 is 10.8 Å². The van der Waals surface area contributed by atoms with Crippen LogP contribution in [0.5, 0.6) is 0 Å². The molecular weight excluding hydrogens is 281 g/mol. The van der Waals surface area contributed by atoms with E-state index in [2.05, 4.69) is 0 Å². The maximum atomic E-state index is 10.4. The van der Waals surface area contributed by atoms with E-state index in [0.717, 1.165) is 29.0 Å². The fraction of sp³-hybridized carbons (Fsp3) is 0.600. The van der Waals surface area contributed by atoms with Crippen molar-refractivity contribution < 1.29 is 5.11 Å². The zero-order chi connectivity index (χ0) is 13.1. The van der Waals surface area contributed by atoms with E-state index in [0.29, 0.717) is 5.92 Å². The summed E-state index contributed by atoms with van der Waals surface area (Å²) >= 11 is 6.11. The number of nitrogens with two attached hydrogens (primary N) is 1. The number of aliphatic hydroxyl groups excluding tert-OH is 1. The summed E-state index contributed by atoms with van der Waals surface area (Å²) in [6, 6.07) is 5.49. The number of benzene rings is 1. The van der Waals surface area contributed by atoms with Gasteiger partial charge in [-0.1, -0.05) is 43.0 Å².